The van der Waals surface area contributed by atoms with E-state index < -0.39 is 0 Å². The fourth-order valence-electron chi connectivity index (χ4n) is 2.63. The molecule has 8 nitrogen and oxygen atoms in total. The second-order valence-electron chi connectivity index (χ2n) is 6.03. The van der Waals surface area contributed by atoms with Crippen LogP contribution in [0.25, 0.3) is 5.82 Å². The third kappa shape index (κ3) is 3.89. The number of hydrogen-bond donors (Lipinski definition) is 2. The monoisotopic (exact) mass is 391 g/mol. The molecule has 4 aromatic rings. The first-order valence-corrected chi connectivity index (χ1v) is 9.36. The van der Waals surface area contributed by atoms with Gasteiger partial charge >= 0.3 is 0 Å². The van der Waals surface area contributed by atoms with Crippen molar-refractivity contribution in [2.24, 2.45) is 0 Å². The van der Waals surface area contributed by atoms with Crippen molar-refractivity contribution in [2.45, 2.75) is 13.8 Å². The van der Waals surface area contributed by atoms with Gasteiger partial charge in [0.1, 0.15) is 4.88 Å². The molecule has 0 radical (unpaired) electrons. The Labute approximate surface area is 165 Å². The molecule has 1 amide bonds. The lowest BCUT2D eigenvalue weighted by Gasteiger charge is -2.08. The minimum Gasteiger partial charge on any atom is -0.339 e. The zero-order valence-electron chi connectivity index (χ0n) is 15.2. The Balaban J connectivity index is 1.40. The largest absolute Gasteiger partial charge is 0.339 e. The summed E-state index contributed by atoms with van der Waals surface area (Å²) in [4.78, 5) is 17.3. The van der Waals surface area contributed by atoms with Gasteiger partial charge in [-0.25, -0.2) is 9.67 Å². The predicted octanol–water partition coefficient (Wildman–Crippen LogP) is 3.73. The van der Waals surface area contributed by atoms with Crippen LogP contribution in [0, 0.1) is 13.8 Å². The Morgan fingerprint density at radius 1 is 1.04 bits per heavy atom. The number of carbonyl (C=O) groups excluding carboxylic acids is 1. The molecule has 28 heavy (non-hydrogen) atoms. The SMILES string of the molecule is Cc1nc(C)c(C(=O)Nc2ccc(Nc3ccc(-n4cccn4)nn3)cc2)s1. The summed E-state index contributed by atoms with van der Waals surface area (Å²) in [6.07, 6.45) is 3.49. The molecular formula is C19H17N7OS. The fraction of sp³-hybridized carbons (Fsp3) is 0.105. The molecule has 4 rings (SSSR count). The summed E-state index contributed by atoms with van der Waals surface area (Å²) in [5.41, 5.74) is 2.29. The van der Waals surface area contributed by atoms with Crippen LogP contribution in [0.3, 0.4) is 0 Å². The van der Waals surface area contributed by atoms with Gasteiger partial charge in [-0.2, -0.15) is 5.10 Å². The summed E-state index contributed by atoms with van der Waals surface area (Å²) in [7, 11) is 0. The Hall–Kier alpha value is -3.59. The van der Waals surface area contributed by atoms with E-state index >= 15 is 0 Å². The molecule has 1 aromatic carbocycles. The molecule has 0 spiro atoms. The van der Waals surface area contributed by atoms with Gasteiger partial charge in [0.2, 0.25) is 0 Å². The first-order valence-electron chi connectivity index (χ1n) is 8.55. The van der Waals surface area contributed by atoms with Gasteiger partial charge in [-0.3, -0.25) is 4.79 Å². The maximum atomic E-state index is 12.4. The lowest BCUT2D eigenvalue weighted by molar-refractivity contribution is 0.103. The van der Waals surface area contributed by atoms with Crippen LogP contribution in [0.15, 0.2) is 54.9 Å². The van der Waals surface area contributed by atoms with Crippen LogP contribution in [-0.2, 0) is 0 Å². The highest BCUT2D eigenvalue weighted by Gasteiger charge is 2.13. The third-order valence-electron chi connectivity index (χ3n) is 3.91. The highest BCUT2D eigenvalue weighted by Crippen LogP contribution is 2.21. The molecule has 0 fully saturated rings. The molecule has 3 heterocycles. The first-order chi connectivity index (χ1) is 13.6. The molecule has 0 saturated carbocycles. The van der Waals surface area contributed by atoms with Crippen molar-refractivity contribution >= 4 is 34.4 Å². The second kappa shape index (κ2) is 7.57. The molecule has 0 aliphatic rings. The summed E-state index contributed by atoms with van der Waals surface area (Å²) in [6, 6.07) is 12.9. The number of benzene rings is 1. The van der Waals surface area contributed by atoms with Crippen LogP contribution in [0.1, 0.15) is 20.4 Å². The Morgan fingerprint density at radius 3 is 2.43 bits per heavy atom. The van der Waals surface area contributed by atoms with Crippen LogP contribution in [0.5, 0.6) is 0 Å². The summed E-state index contributed by atoms with van der Waals surface area (Å²) < 4.78 is 1.64. The van der Waals surface area contributed by atoms with E-state index in [1.54, 1.807) is 17.1 Å². The fourth-order valence-corrected chi connectivity index (χ4v) is 3.45. The van der Waals surface area contributed by atoms with E-state index in [0.29, 0.717) is 22.2 Å². The van der Waals surface area contributed by atoms with Gasteiger partial charge in [0, 0.05) is 23.8 Å². The number of aryl methyl sites for hydroxylation is 2. The van der Waals surface area contributed by atoms with Crippen molar-refractivity contribution in [2.75, 3.05) is 10.6 Å². The van der Waals surface area contributed by atoms with Gasteiger partial charge in [0.15, 0.2) is 11.6 Å². The Morgan fingerprint density at radius 2 is 1.82 bits per heavy atom. The standard InChI is InChI=1S/C19H17N7OS/c1-12-18(28-13(2)21-12)19(27)23-15-6-4-14(5-7-15)22-16-8-9-17(25-24-16)26-11-3-10-20-26/h3-11H,1-2H3,(H,22,24)(H,23,27). The summed E-state index contributed by atoms with van der Waals surface area (Å²) in [6.45, 7) is 3.73. The molecule has 0 atom stereocenters. The first kappa shape index (κ1) is 17.8. The van der Waals surface area contributed by atoms with Crippen LogP contribution in [0.2, 0.25) is 0 Å². The van der Waals surface area contributed by atoms with E-state index in [9.17, 15) is 4.79 Å². The van der Waals surface area contributed by atoms with E-state index in [1.165, 1.54) is 11.3 Å². The van der Waals surface area contributed by atoms with E-state index in [-0.39, 0.29) is 5.91 Å². The maximum Gasteiger partial charge on any atom is 0.267 e. The average Bonchev–Trinajstić information content (AvgIpc) is 3.33. The quantitative estimate of drug-likeness (QED) is 0.538. The Kier molecular flexibility index (Phi) is 4.81. The van der Waals surface area contributed by atoms with E-state index in [2.05, 4.69) is 30.9 Å². The number of rotatable bonds is 5. The van der Waals surface area contributed by atoms with Gasteiger partial charge in [0.05, 0.1) is 10.7 Å². The van der Waals surface area contributed by atoms with Crippen LogP contribution < -0.4 is 10.6 Å². The number of nitrogens with one attached hydrogen (secondary N) is 2. The average molecular weight is 391 g/mol. The van der Waals surface area contributed by atoms with Crippen molar-refractivity contribution in [3.05, 3.63) is 70.4 Å². The molecule has 0 unspecified atom stereocenters. The summed E-state index contributed by atoms with van der Waals surface area (Å²) in [5.74, 6) is 1.11. The minimum atomic E-state index is -0.149. The molecule has 3 aromatic heterocycles. The van der Waals surface area contributed by atoms with Gasteiger partial charge in [-0.15, -0.1) is 21.5 Å². The van der Waals surface area contributed by atoms with E-state index in [0.717, 1.165) is 16.4 Å². The lowest BCUT2D eigenvalue weighted by Crippen LogP contribution is -2.11. The van der Waals surface area contributed by atoms with Crippen molar-refractivity contribution in [3.63, 3.8) is 0 Å². The van der Waals surface area contributed by atoms with Gasteiger partial charge in [-0.1, -0.05) is 0 Å². The van der Waals surface area contributed by atoms with Gasteiger partial charge < -0.3 is 10.6 Å². The molecule has 9 heteroatoms. The third-order valence-corrected chi connectivity index (χ3v) is 4.99. The molecular weight excluding hydrogens is 374 g/mol. The highest BCUT2D eigenvalue weighted by atomic mass is 32.1. The molecule has 0 bridgehead atoms. The van der Waals surface area contributed by atoms with E-state index in [1.807, 2.05) is 56.3 Å². The highest BCUT2D eigenvalue weighted by molar-refractivity contribution is 7.13. The number of anilines is 3. The van der Waals surface area contributed by atoms with Crippen molar-refractivity contribution < 1.29 is 4.79 Å². The summed E-state index contributed by atoms with van der Waals surface area (Å²) >= 11 is 1.39. The van der Waals surface area contributed by atoms with Gasteiger partial charge in [-0.05, 0) is 56.3 Å². The zero-order chi connectivity index (χ0) is 19.5. The maximum absolute atomic E-state index is 12.4. The van der Waals surface area contributed by atoms with Crippen molar-refractivity contribution in [1.82, 2.24) is 25.0 Å². The number of hydrogen-bond acceptors (Lipinski definition) is 7. The van der Waals surface area contributed by atoms with E-state index in [4.69, 9.17) is 0 Å². The minimum absolute atomic E-state index is 0.149. The number of amides is 1. The van der Waals surface area contributed by atoms with Crippen LogP contribution in [0.4, 0.5) is 17.2 Å². The van der Waals surface area contributed by atoms with Crippen LogP contribution >= 0.6 is 11.3 Å². The second-order valence-corrected chi connectivity index (χ2v) is 7.23. The summed E-state index contributed by atoms with van der Waals surface area (Å²) in [5, 5.41) is 19.4. The zero-order valence-corrected chi connectivity index (χ0v) is 16.1. The van der Waals surface area contributed by atoms with Crippen molar-refractivity contribution in [3.8, 4) is 5.82 Å². The molecule has 2 N–H and O–H groups in total. The molecule has 0 saturated heterocycles. The predicted molar refractivity (Wildman–Crippen MR) is 108 cm³/mol. The lowest BCUT2D eigenvalue weighted by atomic mass is 10.2. The number of thiazole rings is 1. The number of nitrogens with zero attached hydrogens (tertiary/aromatic N) is 5. The van der Waals surface area contributed by atoms with Crippen molar-refractivity contribution in [1.29, 1.82) is 0 Å². The topological polar surface area (TPSA) is 97.6 Å². The normalized spacial score (nSPS) is 10.6. The number of aromatic nitrogens is 5. The Bertz CT molecular complexity index is 1090. The van der Waals surface area contributed by atoms with Crippen LogP contribution in [-0.4, -0.2) is 30.9 Å². The number of carbonyl (C=O) groups is 1. The smallest absolute Gasteiger partial charge is 0.267 e. The molecule has 0 aliphatic carbocycles. The van der Waals surface area contributed by atoms with Gasteiger partial charge in [0.25, 0.3) is 5.91 Å². The molecule has 0 aliphatic heterocycles. The molecule has 140 valence electrons.